The smallest absolute Gasteiger partial charge is 0.248 e. The summed E-state index contributed by atoms with van der Waals surface area (Å²) >= 11 is 0. The number of piperidine rings is 1. The van der Waals surface area contributed by atoms with Crippen molar-refractivity contribution in [2.24, 2.45) is 5.92 Å². The van der Waals surface area contributed by atoms with Crippen LogP contribution < -0.4 is 5.32 Å². The maximum Gasteiger partial charge on any atom is 0.248 e. The number of nitrogens with zero attached hydrogens (tertiary/aromatic N) is 2. The third-order valence-electron chi connectivity index (χ3n) is 4.69. The van der Waals surface area contributed by atoms with Gasteiger partial charge in [0.15, 0.2) is 5.76 Å². The lowest BCUT2D eigenvalue weighted by Crippen LogP contribution is -2.41. The molecule has 1 aliphatic heterocycles. The number of aromatic nitrogens is 1. The first-order valence-electron chi connectivity index (χ1n) is 8.63. The van der Waals surface area contributed by atoms with E-state index in [1.54, 1.807) is 38.1 Å². The van der Waals surface area contributed by atoms with Crippen molar-refractivity contribution in [1.29, 1.82) is 0 Å². The van der Waals surface area contributed by atoms with E-state index in [1.165, 1.54) is 4.31 Å². The number of carbonyl (C=O) groups is 1. The van der Waals surface area contributed by atoms with Crippen LogP contribution in [0.3, 0.4) is 0 Å². The number of rotatable bonds is 4. The molecule has 1 amide bonds. The first kappa shape index (κ1) is 19.1. The molecule has 27 heavy (non-hydrogen) atoms. The fourth-order valence-electron chi connectivity index (χ4n) is 3.26. The van der Waals surface area contributed by atoms with Gasteiger partial charge in [-0.25, -0.2) is 8.42 Å². The SMILES string of the molecule is C#Cc1cccc(NC(=O)C2CCN(S(=O)(=O)c3c(C)noc3C)CC2)c1. The van der Waals surface area contributed by atoms with Crippen LogP contribution in [0.4, 0.5) is 5.69 Å². The lowest BCUT2D eigenvalue weighted by Gasteiger charge is -2.30. The van der Waals surface area contributed by atoms with Gasteiger partial charge in [-0.1, -0.05) is 17.1 Å². The van der Waals surface area contributed by atoms with Crippen LogP contribution in [0.25, 0.3) is 0 Å². The molecule has 2 heterocycles. The van der Waals surface area contributed by atoms with Crippen LogP contribution in [0.1, 0.15) is 29.9 Å². The number of sulfonamides is 1. The molecular weight excluding hydrogens is 366 g/mol. The summed E-state index contributed by atoms with van der Waals surface area (Å²) in [6.07, 6.45) is 6.27. The molecule has 1 aliphatic rings. The Bertz CT molecular complexity index is 977. The van der Waals surface area contributed by atoms with Crippen molar-refractivity contribution in [3.63, 3.8) is 0 Å². The predicted molar refractivity (Wildman–Crippen MR) is 100 cm³/mol. The maximum atomic E-state index is 12.8. The third-order valence-corrected chi connectivity index (χ3v) is 6.83. The minimum atomic E-state index is -3.67. The Morgan fingerprint density at radius 3 is 2.63 bits per heavy atom. The number of terminal acetylenes is 1. The minimum Gasteiger partial charge on any atom is -0.360 e. The van der Waals surface area contributed by atoms with Crippen molar-refractivity contribution in [3.05, 3.63) is 41.3 Å². The van der Waals surface area contributed by atoms with Gasteiger partial charge in [0.25, 0.3) is 0 Å². The highest BCUT2D eigenvalue weighted by Crippen LogP contribution is 2.28. The Kier molecular flexibility index (Phi) is 5.35. The number of carbonyl (C=O) groups excluding carboxylic acids is 1. The van der Waals surface area contributed by atoms with E-state index in [1.807, 2.05) is 0 Å². The molecule has 0 bridgehead atoms. The van der Waals surface area contributed by atoms with Crippen molar-refractivity contribution >= 4 is 21.6 Å². The summed E-state index contributed by atoms with van der Waals surface area (Å²) < 4.78 is 32.0. The number of aryl methyl sites for hydroxylation is 2. The number of hydrogen-bond donors (Lipinski definition) is 1. The number of anilines is 1. The number of hydrogen-bond acceptors (Lipinski definition) is 5. The van der Waals surface area contributed by atoms with E-state index in [0.717, 1.165) is 0 Å². The Balaban J connectivity index is 1.65. The second-order valence-electron chi connectivity index (χ2n) is 6.55. The Morgan fingerprint density at radius 2 is 2.04 bits per heavy atom. The molecule has 0 radical (unpaired) electrons. The molecule has 0 spiro atoms. The zero-order chi connectivity index (χ0) is 19.6. The molecule has 1 N–H and O–H groups in total. The van der Waals surface area contributed by atoms with Crippen molar-refractivity contribution in [2.45, 2.75) is 31.6 Å². The van der Waals surface area contributed by atoms with Gasteiger partial charge in [-0.2, -0.15) is 4.31 Å². The Labute approximate surface area is 158 Å². The first-order valence-corrected chi connectivity index (χ1v) is 10.1. The summed E-state index contributed by atoms with van der Waals surface area (Å²) in [6.45, 7) is 3.73. The summed E-state index contributed by atoms with van der Waals surface area (Å²) in [5.74, 6) is 2.43. The summed E-state index contributed by atoms with van der Waals surface area (Å²) in [5, 5.41) is 6.58. The molecule has 0 unspecified atom stereocenters. The second kappa shape index (κ2) is 7.55. The van der Waals surface area contributed by atoms with Gasteiger partial charge in [-0.05, 0) is 44.9 Å². The highest BCUT2D eigenvalue weighted by molar-refractivity contribution is 7.89. The van der Waals surface area contributed by atoms with Gasteiger partial charge in [0, 0.05) is 30.3 Å². The molecule has 2 aromatic rings. The minimum absolute atomic E-state index is 0.122. The van der Waals surface area contributed by atoms with Gasteiger partial charge in [-0.3, -0.25) is 4.79 Å². The lowest BCUT2D eigenvalue weighted by atomic mass is 9.97. The zero-order valence-electron chi connectivity index (χ0n) is 15.2. The van der Waals surface area contributed by atoms with E-state index in [2.05, 4.69) is 16.4 Å². The van der Waals surface area contributed by atoms with Gasteiger partial charge in [-0.15, -0.1) is 6.42 Å². The molecule has 0 saturated carbocycles. The van der Waals surface area contributed by atoms with Crippen LogP contribution in [-0.2, 0) is 14.8 Å². The van der Waals surface area contributed by atoms with E-state index >= 15 is 0 Å². The van der Waals surface area contributed by atoms with Crippen LogP contribution in [0.2, 0.25) is 0 Å². The molecule has 1 aromatic heterocycles. The summed E-state index contributed by atoms with van der Waals surface area (Å²) in [4.78, 5) is 12.6. The Hall–Kier alpha value is -2.63. The Morgan fingerprint density at radius 1 is 1.33 bits per heavy atom. The molecule has 1 aromatic carbocycles. The summed E-state index contributed by atoms with van der Waals surface area (Å²) in [5.41, 5.74) is 1.68. The molecule has 8 heteroatoms. The fraction of sp³-hybridized carbons (Fsp3) is 0.368. The largest absolute Gasteiger partial charge is 0.360 e. The third kappa shape index (κ3) is 3.89. The van der Waals surface area contributed by atoms with Crippen LogP contribution in [0, 0.1) is 32.1 Å². The van der Waals surface area contributed by atoms with Crippen LogP contribution >= 0.6 is 0 Å². The van der Waals surface area contributed by atoms with Crippen molar-refractivity contribution in [1.82, 2.24) is 9.46 Å². The van der Waals surface area contributed by atoms with Crippen LogP contribution in [0.5, 0.6) is 0 Å². The lowest BCUT2D eigenvalue weighted by molar-refractivity contribution is -0.120. The van der Waals surface area contributed by atoms with Gasteiger partial charge < -0.3 is 9.84 Å². The van der Waals surface area contributed by atoms with Crippen LogP contribution in [-0.4, -0.2) is 36.9 Å². The van der Waals surface area contributed by atoms with Gasteiger partial charge in [0.2, 0.25) is 15.9 Å². The van der Waals surface area contributed by atoms with Gasteiger partial charge in [0.1, 0.15) is 10.6 Å². The molecule has 0 aliphatic carbocycles. The quantitative estimate of drug-likeness (QED) is 0.813. The monoisotopic (exact) mass is 387 g/mol. The predicted octanol–water partition coefficient (Wildman–Crippen LogP) is 2.31. The number of benzene rings is 1. The molecule has 0 atom stereocenters. The van der Waals surface area contributed by atoms with Crippen molar-refractivity contribution in [2.75, 3.05) is 18.4 Å². The summed E-state index contributed by atoms with van der Waals surface area (Å²) in [6, 6.07) is 7.07. The first-order chi connectivity index (χ1) is 12.8. The average molecular weight is 387 g/mol. The highest BCUT2D eigenvalue weighted by Gasteiger charge is 2.35. The number of amides is 1. The molecule has 1 fully saturated rings. The normalized spacial score (nSPS) is 16.0. The standard InChI is InChI=1S/C19H21N3O4S/c1-4-15-6-5-7-17(12-15)20-19(23)16-8-10-22(11-9-16)27(24,25)18-13(2)21-26-14(18)3/h1,5-7,12,16H,8-11H2,2-3H3,(H,20,23). The molecular formula is C19H21N3O4S. The van der Waals surface area contributed by atoms with E-state index < -0.39 is 10.0 Å². The van der Waals surface area contributed by atoms with E-state index in [-0.39, 0.29) is 35.6 Å². The average Bonchev–Trinajstić information content (AvgIpc) is 3.01. The molecule has 3 rings (SSSR count). The topological polar surface area (TPSA) is 92.5 Å². The van der Waals surface area contributed by atoms with E-state index in [9.17, 15) is 13.2 Å². The van der Waals surface area contributed by atoms with Gasteiger partial charge in [0.05, 0.1) is 0 Å². The molecule has 1 saturated heterocycles. The number of nitrogens with one attached hydrogen (secondary N) is 1. The molecule has 7 nitrogen and oxygen atoms in total. The second-order valence-corrected chi connectivity index (χ2v) is 8.42. The van der Waals surface area contributed by atoms with Gasteiger partial charge >= 0.3 is 0 Å². The fourth-order valence-corrected chi connectivity index (χ4v) is 5.02. The van der Waals surface area contributed by atoms with Crippen molar-refractivity contribution in [3.8, 4) is 12.3 Å². The molecule has 142 valence electrons. The van der Waals surface area contributed by atoms with Crippen molar-refractivity contribution < 1.29 is 17.7 Å². The van der Waals surface area contributed by atoms with E-state index in [4.69, 9.17) is 10.9 Å². The van der Waals surface area contributed by atoms with Crippen LogP contribution in [0.15, 0.2) is 33.7 Å². The maximum absolute atomic E-state index is 12.8. The highest BCUT2D eigenvalue weighted by atomic mass is 32.2. The zero-order valence-corrected chi connectivity index (χ0v) is 16.0. The van der Waals surface area contributed by atoms with E-state index in [0.29, 0.717) is 29.8 Å². The summed E-state index contributed by atoms with van der Waals surface area (Å²) in [7, 11) is -3.67.